The second kappa shape index (κ2) is 5.43. The average Bonchev–Trinajstić information content (AvgIpc) is 2.40. The monoisotopic (exact) mass is 270 g/mol. The minimum atomic E-state index is -0.315. The number of piperidine rings is 1. The summed E-state index contributed by atoms with van der Waals surface area (Å²) in [4.78, 5) is 6.44. The van der Waals surface area contributed by atoms with Crippen molar-refractivity contribution in [1.29, 1.82) is 0 Å². The summed E-state index contributed by atoms with van der Waals surface area (Å²) in [5.74, 6) is 0.844. The zero-order valence-electron chi connectivity index (χ0n) is 11.0. The molecule has 2 heterocycles. The highest BCUT2D eigenvalue weighted by molar-refractivity contribution is 6.17. The van der Waals surface area contributed by atoms with Crippen molar-refractivity contribution in [3.8, 4) is 0 Å². The molecule has 1 aliphatic heterocycles. The van der Waals surface area contributed by atoms with E-state index in [0.717, 1.165) is 37.3 Å². The zero-order chi connectivity index (χ0) is 13.2. The summed E-state index contributed by atoms with van der Waals surface area (Å²) in [6.45, 7) is 6.54. The van der Waals surface area contributed by atoms with E-state index < -0.39 is 0 Å². The normalized spacial score (nSPS) is 19.0. The molecule has 0 saturated carbocycles. The number of hydrogen-bond acceptors (Lipinski definition) is 2. The van der Waals surface area contributed by atoms with Gasteiger partial charge in [-0.25, -0.2) is 9.37 Å². The molecule has 0 N–H and O–H groups in total. The Balaban J connectivity index is 2.14. The maximum absolute atomic E-state index is 13.1. The van der Waals surface area contributed by atoms with E-state index in [0.29, 0.717) is 11.3 Å². The average molecular weight is 271 g/mol. The van der Waals surface area contributed by atoms with E-state index in [9.17, 15) is 4.39 Å². The van der Waals surface area contributed by atoms with Crippen LogP contribution in [0.2, 0.25) is 0 Å². The lowest BCUT2D eigenvalue weighted by atomic mass is 9.78. The van der Waals surface area contributed by atoms with Crippen molar-refractivity contribution in [2.45, 2.75) is 39.0 Å². The highest BCUT2D eigenvalue weighted by Crippen LogP contribution is 2.36. The topological polar surface area (TPSA) is 16.1 Å². The molecule has 4 heteroatoms. The van der Waals surface area contributed by atoms with Gasteiger partial charge in [0, 0.05) is 18.7 Å². The summed E-state index contributed by atoms with van der Waals surface area (Å²) < 4.78 is 13.1. The van der Waals surface area contributed by atoms with Crippen LogP contribution in [-0.2, 0) is 5.88 Å². The minimum absolute atomic E-state index is 0.307. The van der Waals surface area contributed by atoms with E-state index >= 15 is 0 Å². The van der Waals surface area contributed by atoms with Crippen molar-refractivity contribution in [3.63, 3.8) is 0 Å². The Morgan fingerprint density at radius 3 is 2.67 bits per heavy atom. The van der Waals surface area contributed by atoms with Crippen molar-refractivity contribution < 1.29 is 4.39 Å². The van der Waals surface area contributed by atoms with Gasteiger partial charge in [-0.15, -0.1) is 11.6 Å². The van der Waals surface area contributed by atoms with Gasteiger partial charge in [0.05, 0.1) is 12.1 Å². The highest BCUT2D eigenvalue weighted by Gasteiger charge is 2.29. The molecule has 1 fully saturated rings. The molecular weight excluding hydrogens is 251 g/mol. The van der Waals surface area contributed by atoms with Gasteiger partial charge in [-0.2, -0.15) is 0 Å². The van der Waals surface area contributed by atoms with Gasteiger partial charge >= 0.3 is 0 Å². The Labute approximate surface area is 113 Å². The first kappa shape index (κ1) is 13.6. The van der Waals surface area contributed by atoms with Crippen molar-refractivity contribution in [2.24, 2.45) is 5.41 Å². The molecule has 0 spiro atoms. The molecule has 0 aliphatic carbocycles. The van der Waals surface area contributed by atoms with E-state index in [4.69, 9.17) is 11.6 Å². The summed E-state index contributed by atoms with van der Waals surface area (Å²) in [6, 6.07) is 1.49. The standard InChI is InChI=1S/C14H20ClFN2/c1-3-14(2)4-6-18(7-5-14)13-11(9-15)8-12(16)10-17-13/h8,10H,3-7,9H2,1-2H3. The fourth-order valence-electron chi connectivity index (χ4n) is 2.47. The van der Waals surface area contributed by atoms with Gasteiger partial charge in [-0.1, -0.05) is 20.3 Å². The van der Waals surface area contributed by atoms with Crippen LogP contribution in [0.25, 0.3) is 0 Å². The van der Waals surface area contributed by atoms with E-state index in [1.54, 1.807) is 0 Å². The van der Waals surface area contributed by atoms with Crippen LogP contribution in [0.15, 0.2) is 12.3 Å². The summed E-state index contributed by atoms with van der Waals surface area (Å²) in [6.07, 6.45) is 4.80. The zero-order valence-corrected chi connectivity index (χ0v) is 11.8. The Morgan fingerprint density at radius 1 is 1.44 bits per heavy atom. The molecule has 1 aromatic rings. The van der Waals surface area contributed by atoms with Crippen LogP contribution in [0.1, 0.15) is 38.7 Å². The van der Waals surface area contributed by atoms with Crippen LogP contribution in [0, 0.1) is 11.2 Å². The van der Waals surface area contributed by atoms with Gasteiger partial charge in [0.25, 0.3) is 0 Å². The van der Waals surface area contributed by atoms with Gasteiger partial charge in [0.2, 0.25) is 0 Å². The first-order chi connectivity index (χ1) is 8.58. The highest BCUT2D eigenvalue weighted by atomic mass is 35.5. The van der Waals surface area contributed by atoms with E-state index in [1.807, 2.05) is 0 Å². The Hall–Kier alpha value is -0.830. The lowest BCUT2D eigenvalue weighted by Gasteiger charge is -2.40. The molecule has 2 rings (SSSR count). The third kappa shape index (κ3) is 2.77. The molecule has 0 unspecified atom stereocenters. The van der Waals surface area contributed by atoms with E-state index in [1.165, 1.54) is 18.7 Å². The molecular formula is C14H20ClFN2. The minimum Gasteiger partial charge on any atom is -0.356 e. The molecule has 0 radical (unpaired) electrons. The van der Waals surface area contributed by atoms with Crippen LogP contribution >= 0.6 is 11.6 Å². The number of nitrogens with zero attached hydrogens (tertiary/aromatic N) is 2. The van der Waals surface area contributed by atoms with Crippen molar-refractivity contribution >= 4 is 17.4 Å². The molecule has 0 atom stereocenters. The first-order valence-corrected chi connectivity index (χ1v) is 7.07. The molecule has 1 aromatic heterocycles. The lowest BCUT2D eigenvalue weighted by Crippen LogP contribution is -2.39. The Morgan fingerprint density at radius 2 is 2.11 bits per heavy atom. The van der Waals surface area contributed by atoms with Crippen LogP contribution in [-0.4, -0.2) is 18.1 Å². The number of pyridine rings is 1. The SMILES string of the molecule is CCC1(C)CCN(c2ncc(F)cc2CCl)CC1. The van der Waals surface area contributed by atoms with Crippen molar-refractivity contribution in [3.05, 3.63) is 23.6 Å². The lowest BCUT2D eigenvalue weighted by molar-refractivity contribution is 0.237. The third-order valence-corrected chi connectivity index (χ3v) is 4.47. The summed E-state index contributed by atoms with van der Waals surface area (Å²) in [5.41, 5.74) is 1.23. The molecule has 0 bridgehead atoms. The van der Waals surface area contributed by atoms with Crippen LogP contribution in [0.5, 0.6) is 0 Å². The summed E-state index contributed by atoms with van der Waals surface area (Å²) in [7, 11) is 0. The predicted molar refractivity (Wildman–Crippen MR) is 73.6 cm³/mol. The molecule has 0 aromatic carbocycles. The maximum atomic E-state index is 13.1. The Kier molecular flexibility index (Phi) is 4.10. The number of anilines is 1. The van der Waals surface area contributed by atoms with Gasteiger partial charge < -0.3 is 4.90 Å². The first-order valence-electron chi connectivity index (χ1n) is 6.53. The maximum Gasteiger partial charge on any atom is 0.141 e. The molecule has 18 heavy (non-hydrogen) atoms. The molecule has 100 valence electrons. The smallest absolute Gasteiger partial charge is 0.141 e. The molecule has 1 aliphatic rings. The van der Waals surface area contributed by atoms with E-state index in [-0.39, 0.29) is 5.82 Å². The van der Waals surface area contributed by atoms with Crippen LogP contribution < -0.4 is 4.90 Å². The van der Waals surface area contributed by atoms with Crippen LogP contribution in [0.3, 0.4) is 0 Å². The van der Waals surface area contributed by atoms with Crippen molar-refractivity contribution in [1.82, 2.24) is 4.98 Å². The second-order valence-corrected chi connectivity index (χ2v) is 5.69. The van der Waals surface area contributed by atoms with Crippen LogP contribution in [0.4, 0.5) is 10.2 Å². The predicted octanol–water partition coefficient (Wildman–Crippen LogP) is 3.98. The second-order valence-electron chi connectivity index (χ2n) is 5.42. The van der Waals surface area contributed by atoms with Crippen molar-refractivity contribution in [2.75, 3.05) is 18.0 Å². The fraction of sp³-hybridized carbons (Fsp3) is 0.643. The van der Waals surface area contributed by atoms with Gasteiger partial charge in [-0.3, -0.25) is 0 Å². The molecule has 2 nitrogen and oxygen atoms in total. The quantitative estimate of drug-likeness (QED) is 0.773. The molecule has 1 saturated heterocycles. The largest absolute Gasteiger partial charge is 0.356 e. The number of rotatable bonds is 3. The summed E-state index contributed by atoms with van der Waals surface area (Å²) >= 11 is 5.87. The summed E-state index contributed by atoms with van der Waals surface area (Å²) in [5, 5.41) is 0. The molecule has 0 amide bonds. The van der Waals surface area contributed by atoms with Gasteiger partial charge in [0.1, 0.15) is 11.6 Å². The Bertz CT molecular complexity index is 414. The number of alkyl halides is 1. The number of hydrogen-bond donors (Lipinski definition) is 0. The van der Waals surface area contributed by atoms with Gasteiger partial charge in [-0.05, 0) is 24.3 Å². The third-order valence-electron chi connectivity index (χ3n) is 4.18. The fourth-order valence-corrected chi connectivity index (χ4v) is 2.67. The van der Waals surface area contributed by atoms with Gasteiger partial charge in [0.15, 0.2) is 0 Å². The number of halogens is 2. The van der Waals surface area contributed by atoms with E-state index in [2.05, 4.69) is 23.7 Å². The number of aromatic nitrogens is 1.